The van der Waals surface area contributed by atoms with E-state index in [0.717, 1.165) is 19.3 Å². The maximum Gasteiger partial charge on any atom is 0.305 e. The normalized spacial score (nSPS) is 12.1. The smallest absolute Gasteiger partial charge is 0.305 e. The fourth-order valence-corrected chi connectivity index (χ4v) is 1.63. The summed E-state index contributed by atoms with van der Waals surface area (Å²) in [7, 11) is 1.41. The number of nitrogens with two attached hydrogens (primary N) is 1. The van der Waals surface area contributed by atoms with Gasteiger partial charge in [-0.15, -0.1) is 0 Å². The van der Waals surface area contributed by atoms with Gasteiger partial charge in [-0.3, -0.25) is 4.79 Å². The number of esters is 1. The van der Waals surface area contributed by atoms with Crippen LogP contribution < -0.4 is 5.73 Å². The first-order chi connectivity index (χ1) is 7.72. The first kappa shape index (κ1) is 12.7. The second kappa shape index (κ2) is 7.01. The Hall–Kier alpha value is -1.35. The van der Waals surface area contributed by atoms with E-state index in [-0.39, 0.29) is 12.0 Å². The highest BCUT2D eigenvalue weighted by atomic mass is 16.5. The van der Waals surface area contributed by atoms with Crippen LogP contribution in [0.2, 0.25) is 0 Å². The maximum absolute atomic E-state index is 10.9. The summed E-state index contributed by atoms with van der Waals surface area (Å²) in [5.74, 6) is -0.160. The molecule has 16 heavy (non-hydrogen) atoms. The SMILES string of the molecule is COC(=O)CCC[C@@H](N)Cc1ccccc1. The molecule has 0 heterocycles. The van der Waals surface area contributed by atoms with Gasteiger partial charge in [0, 0.05) is 12.5 Å². The number of hydrogen-bond donors (Lipinski definition) is 1. The summed E-state index contributed by atoms with van der Waals surface area (Å²) in [6, 6.07) is 10.3. The molecule has 0 amide bonds. The van der Waals surface area contributed by atoms with Crippen molar-refractivity contribution in [3.05, 3.63) is 35.9 Å². The Bertz CT molecular complexity index is 311. The molecule has 1 atom stereocenters. The molecule has 1 aromatic rings. The first-order valence-corrected chi connectivity index (χ1v) is 5.58. The number of benzene rings is 1. The topological polar surface area (TPSA) is 52.3 Å². The summed E-state index contributed by atoms with van der Waals surface area (Å²) in [6.45, 7) is 0. The lowest BCUT2D eigenvalue weighted by molar-refractivity contribution is -0.140. The lowest BCUT2D eigenvalue weighted by Gasteiger charge is -2.10. The molecule has 0 saturated carbocycles. The highest BCUT2D eigenvalue weighted by Gasteiger charge is 2.06. The molecule has 0 aliphatic carbocycles. The number of methoxy groups -OCH3 is 1. The number of hydrogen-bond acceptors (Lipinski definition) is 3. The molecule has 0 saturated heterocycles. The van der Waals surface area contributed by atoms with Crippen LogP contribution in [0.1, 0.15) is 24.8 Å². The van der Waals surface area contributed by atoms with E-state index in [9.17, 15) is 4.79 Å². The zero-order valence-electron chi connectivity index (χ0n) is 9.69. The van der Waals surface area contributed by atoms with Crippen molar-refractivity contribution in [2.75, 3.05) is 7.11 Å². The molecule has 0 aliphatic heterocycles. The molecule has 0 aromatic heterocycles. The Morgan fingerprint density at radius 2 is 2.06 bits per heavy atom. The largest absolute Gasteiger partial charge is 0.469 e. The van der Waals surface area contributed by atoms with Crippen LogP contribution in [0.4, 0.5) is 0 Å². The van der Waals surface area contributed by atoms with Crippen LogP contribution in [0, 0.1) is 0 Å². The second-order valence-corrected chi connectivity index (χ2v) is 3.92. The Balaban J connectivity index is 2.21. The van der Waals surface area contributed by atoms with E-state index >= 15 is 0 Å². The molecule has 0 radical (unpaired) electrons. The summed E-state index contributed by atoms with van der Waals surface area (Å²) in [4.78, 5) is 10.9. The molecule has 1 aromatic carbocycles. The van der Waals surface area contributed by atoms with Gasteiger partial charge in [0.1, 0.15) is 0 Å². The summed E-state index contributed by atoms with van der Waals surface area (Å²) < 4.78 is 4.57. The highest BCUT2D eigenvalue weighted by molar-refractivity contribution is 5.68. The van der Waals surface area contributed by atoms with Crippen molar-refractivity contribution in [3.8, 4) is 0 Å². The lowest BCUT2D eigenvalue weighted by Crippen LogP contribution is -2.23. The minimum absolute atomic E-state index is 0.118. The zero-order valence-corrected chi connectivity index (χ0v) is 9.69. The maximum atomic E-state index is 10.9. The molecule has 1 rings (SSSR count). The highest BCUT2D eigenvalue weighted by Crippen LogP contribution is 2.07. The van der Waals surface area contributed by atoms with E-state index in [1.54, 1.807) is 0 Å². The van der Waals surface area contributed by atoms with Crippen LogP contribution in [-0.4, -0.2) is 19.1 Å². The predicted molar refractivity (Wildman–Crippen MR) is 64.0 cm³/mol. The van der Waals surface area contributed by atoms with Crippen molar-refractivity contribution in [1.29, 1.82) is 0 Å². The van der Waals surface area contributed by atoms with Gasteiger partial charge in [-0.05, 0) is 24.8 Å². The summed E-state index contributed by atoms with van der Waals surface area (Å²) in [5, 5.41) is 0. The van der Waals surface area contributed by atoms with Crippen molar-refractivity contribution in [3.63, 3.8) is 0 Å². The third-order valence-electron chi connectivity index (χ3n) is 2.52. The van der Waals surface area contributed by atoms with E-state index in [2.05, 4.69) is 16.9 Å². The average Bonchev–Trinajstić information content (AvgIpc) is 2.30. The van der Waals surface area contributed by atoms with E-state index in [0.29, 0.717) is 6.42 Å². The zero-order chi connectivity index (χ0) is 11.8. The molecule has 88 valence electrons. The number of carbonyl (C=O) groups excluding carboxylic acids is 1. The summed E-state index contributed by atoms with van der Waals surface area (Å²) in [5.41, 5.74) is 7.22. The Labute approximate surface area is 96.6 Å². The van der Waals surface area contributed by atoms with E-state index in [1.165, 1.54) is 12.7 Å². The number of ether oxygens (including phenoxy) is 1. The second-order valence-electron chi connectivity index (χ2n) is 3.92. The van der Waals surface area contributed by atoms with Crippen LogP contribution in [0.25, 0.3) is 0 Å². The summed E-state index contributed by atoms with van der Waals surface area (Å²) >= 11 is 0. The Kier molecular flexibility index (Phi) is 5.57. The average molecular weight is 221 g/mol. The van der Waals surface area contributed by atoms with Crippen molar-refractivity contribution in [1.82, 2.24) is 0 Å². The van der Waals surface area contributed by atoms with Crippen LogP contribution in [-0.2, 0) is 16.0 Å². The molecule has 2 N–H and O–H groups in total. The predicted octanol–water partition coefficient (Wildman–Crippen LogP) is 1.90. The van der Waals surface area contributed by atoms with Gasteiger partial charge >= 0.3 is 5.97 Å². The summed E-state index contributed by atoms with van der Waals surface area (Å²) in [6.07, 6.45) is 2.96. The molecule has 3 heteroatoms. The molecule has 0 fully saturated rings. The third kappa shape index (κ3) is 4.94. The van der Waals surface area contributed by atoms with Gasteiger partial charge in [0.2, 0.25) is 0 Å². The molecule has 3 nitrogen and oxygen atoms in total. The Morgan fingerprint density at radius 1 is 1.38 bits per heavy atom. The van der Waals surface area contributed by atoms with Crippen molar-refractivity contribution in [2.24, 2.45) is 5.73 Å². The number of rotatable bonds is 6. The first-order valence-electron chi connectivity index (χ1n) is 5.58. The van der Waals surface area contributed by atoms with Crippen LogP contribution in [0.3, 0.4) is 0 Å². The van der Waals surface area contributed by atoms with Gasteiger partial charge in [0.15, 0.2) is 0 Å². The molecule has 0 bridgehead atoms. The Morgan fingerprint density at radius 3 is 2.69 bits per heavy atom. The molecular weight excluding hydrogens is 202 g/mol. The molecule has 0 unspecified atom stereocenters. The van der Waals surface area contributed by atoms with Crippen molar-refractivity contribution in [2.45, 2.75) is 31.7 Å². The lowest BCUT2D eigenvalue weighted by atomic mass is 10.0. The monoisotopic (exact) mass is 221 g/mol. The fourth-order valence-electron chi connectivity index (χ4n) is 1.63. The van der Waals surface area contributed by atoms with E-state index in [1.807, 2.05) is 18.2 Å². The molecule has 0 spiro atoms. The van der Waals surface area contributed by atoms with Crippen LogP contribution in [0.5, 0.6) is 0 Å². The minimum Gasteiger partial charge on any atom is -0.469 e. The molecule has 0 aliphatic rings. The van der Waals surface area contributed by atoms with Gasteiger partial charge in [0.25, 0.3) is 0 Å². The van der Waals surface area contributed by atoms with Crippen LogP contribution >= 0.6 is 0 Å². The fraction of sp³-hybridized carbons (Fsp3) is 0.462. The van der Waals surface area contributed by atoms with Crippen molar-refractivity contribution < 1.29 is 9.53 Å². The minimum atomic E-state index is -0.160. The van der Waals surface area contributed by atoms with Gasteiger partial charge < -0.3 is 10.5 Å². The van der Waals surface area contributed by atoms with E-state index < -0.39 is 0 Å². The van der Waals surface area contributed by atoms with Gasteiger partial charge in [-0.1, -0.05) is 30.3 Å². The number of carbonyl (C=O) groups is 1. The van der Waals surface area contributed by atoms with Crippen molar-refractivity contribution >= 4 is 5.97 Å². The van der Waals surface area contributed by atoms with Gasteiger partial charge in [0.05, 0.1) is 7.11 Å². The quantitative estimate of drug-likeness (QED) is 0.746. The third-order valence-corrected chi connectivity index (χ3v) is 2.52. The van der Waals surface area contributed by atoms with Gasteiger partial charge in [-0.25, -0.2) is 0 Å². The van der Waals surface area contributed by atoms with E-state index in [4.69, 9.17) is 5.73 Å². The standard InChI is InChI=1S/C13H19NO2/c1-16-13(15)9-5-8-12(14)10-11-6-3-2-4-7-11/h2-4,6-7,12H,5,8-10,14H2,1H3/t12-/m1/s1. The van der Waals surface area contributed by atoms with Crippen LogP contribution in [0.15, 0.2) is 30.3 Å². The molecular formula is C13H19NO2. The van der Waals surface area contributed by atoms with Gasteiger partial charge in [-0.2, -0.15) is 0 Å².